The van der Waals surface area contributed by atoms with Crippen LogP contribution in [-0.2, 0) is 4.79 Å². The lowest BCUT2D eigenvalue weighted by atomic mass is 10.2. The smallest absolute Gasteiger partial charge is 0.317 e. The number of carbonyl (C=O) groups is 2. The van der Waals surface area contributed by atoms with E-state index in [0.717, 1.165) is 12.8 Å². The Balaban J connectivity index is 1.64. The zero-order valence-corrected chi connectivity index (χ0v) is 12.1. The highest BCUT2D eigenvalue weighted by atomic mass is 35.5. The second-order valence-corrected chi connectivity index (χ2v) is 6.76. The van der Waals surface area contributed by atoms with Crippen LogP contribution in [0.15, 0.2) is 24.3 Å². The molecule has 20 heavy (non-hydrogen) atoms. The van der Waals surface area contributed by atoms with Crippen LogP contribution >= 0.6 is 23.2 Å². The molecule has 1 atom stereocenters. The molecule has 0 aliphatic heterocycles. The predicted molar refractivity (Wildman–Crippen MR) is 75.1 cm³/mol. The Morgan fingerprint density at radius 3 is 2.60 bits per heavy atom. The number of benzene rings is 1. The Bertz CT molecular complexity index is 569. The summed E-state index contributed by atoms with van der Waals surface area (Å²) in [4.78, 5) is 23.7. The highest BCUT2D eigenvalue weighted by Gasteiger charge is 2.57. The maximum atomic E-state index is 11.9. The molecule has 1 unspecified atom stereocenters. The fraction of sp³-hybridized carbons (Fsp3) is 0.429. The van der Waals surface area contributed by atoms with Gasteiger partial charge in [0.15, 0.2) is 0 Å². The minimum absolute atomic E-state index is 0.152. The number of halogens is 2. The molecule has 0 saturated heterocycles. The molecule has 1 N–H and O–H groups in total. The van der Waals surface area contributed by atoms with Crippen LogP contribution in [0.1, 0.15) is 29.6 Å². The number of rotatable bonds is 4. The van der Waals surface area contributed by atoms with E-state index in [9.17, 15) is 9.59 Å². The molecule has 2 fully saturated rings. The van der Waals surface area contributed by atoms with Crippen molar-refractivity contribution in [2.75, 3.05) is 0 Å². The van der Waals surface area contributed by atoms with Gasteiger partial charge in [0.05, 0.1) is 5.92 Å². The molecule has 1 aromatic carbocycles. The second kappa shape index (κ2) is 4.93. The van der Waals surface area contributed by atoms with E-state index in [-0.39, 0.29) is 11.9 Å². The van der Waals surface area contributed by atoms with Crippen molar-refractivity contribution >= 4 is 35.1 Å². The Morgan fingerprint density at radius 1 is 1.30 bits per heavy atom. The molecule has 0 radical (unpaired) electrons. The second-order valence-electron chi connectivity index (χ2n) is 5.21. The molecule has 0 aromatic heterocycles. The number of alkyl halides is 2. The van der Waals surface area contributed by atoms with Crippen molar-refractivity contribution in [2.45, 2.75) is 29.6 Å². The van der Waals surface area contributed by atoms with Gasteiger partial charge in [0.2, 0.25) is 0 Å². The summed E-state index contributed by atoms with van der Waals surface area (Å²) in [5, 5.41) is 2.88. The van der Waals surface area contributed by atoms with Crippen LogP contribution in [0.2, 0.25) is 0 Å². The SMILES string of the molecule is O=C(NC1CC1)c1cccc(OC(=O)C2CC2(Cl)Cl)c1. The summed E-state index contributed by atoms with van der Waals surface area (Å²) in [5.41, 5.74) is 0.473. The van der Waals surface area contributed by atoms with Crippen molar-refractivity contribution in [1.82, 2.24) is 5.32 Å². The first-order valence-corrected chi connectivity index (χ1v) is 7.22. The minimum Gasteiger partial charge on any atom is -0.426 e. The van der Waals surface area contributed by atoms with Gasteiger partial charge in [0, 0.05) is 11.6 Å². The summed E-state index contributed by atoms with van der Waals surface area (Å²) < 4.78 is 4.20. The fourth-order valence-electron chi connectivity index (χ4n) is 1.85. The Hall–Kier alpha value is -1.26. The van der Waals surface area contributed by atoms with Gasteiger partial charge in [-0.25, -0.2) is 0 Å². The van der Waals surface area contributed by atoms with Gasteiger partial charge in [-0.2, -0.15) is 0 Å². The van der Waals surface area contributed by atoms with Gasteiger partial charge in [0.1, 0.15) is 10.1 Å². The molecular weight excluding hydrogens is 301 g/mol. The first-order valence-electron chi connectivity index (χ1n) is 6.46. The lowest BCUT2D eigenvalue weighted by Crippen LogP contribution is -2.25. The standard InChI is InChI=1S/C14H13Cl2NO3/c15-14(16)7-11(14)13(19)20-10-3-1-2-8(6-10)12(18)17-9-4-5-9/h1-3,6,9,11H,4-5,7H2,(H,17,18). The summed E-state index contributed by atoms with van der Waals surface area (Å²) in [5.74, 6) is -0.778. The maximum Gasteiger partial charge on any atom is 0.317 e. The van der Waals surface area contributed by atoms with Crippen LogP contribution in [0.3, 0.4) is 0 Å². The van der Waals surface area contributed by atoms with E-state index < -0.39 is 16.2 Å². The first-order chi connectivity index (χ1) is 9.45. The van der Waals surface area contributed by atoms with Crippen LogP contribution in [0, 0.1) is 5.92 Å². The zero-order valence-electron chi connectivity index (χ0n) is 10.6. The summed E-state index contributed by atoms with van der Waals surface area (Å²) in [7, 11) is 0. The number of esters is 1. The number of amides is 1. The third-order valence-electron chi connectivity index (χ3n) is 3.34. The number of nitrogens with one attached hydrogen (secondary N) is 1. The highest BCUT2D eigenvalue weighted by molar-refractivity contribution is 6.52. The van der Waals surface area contributed by atoms with Gasteiger partial charge in [0.25, 0.3) is 5.91 Å². The molecule has 2 aliphatic rings. The van der Waals surface area contributed by atoms with Gasteiger partial charge < -0.3 is 10.1 Å². The molecule has 106 valence electrons. The van der Waals surface area contributed by atoms with E-state index in [2.05, 4.69) is 5.32 Å². The lowest BCUT2D eigenvalue weighted by Gasteiger charge is -2.07. The van der Waals surface area contributed by atoms with E-state index in [1.807, 2.05) is 0 Å². The Kier molecular flexibility index (Phi) is 3.38. The number of ether oxygens (including phenoxy) is 1. The molecule has 6 heteroatoms. The van der Waals surface area contributed by atoms with Gasteiger partial charge in [-0.05, 0) is 37.5 Å². The van der Waals surface area contributed by atoms with Crippen molar-refractivity contribution in [2.24, 2.45) is 5.92 Å². The van der Waals surface area contributed by atoms with Crippen LogP contribution in [0.4, 0.5) is 0 Å². The first kappa shape index (κ1) is 13.7. The topological polar surface area (TPSA) is 55.4 Å². The lowest BCUT2D eigenvalue weighted by molar-refractivity contribution is -0.135. The quantitative estimate of drug-likeness (QED) is 0.528. The van der Waals surface area contributed by atoms with Gasteiger partial charge >= 0.3 is 5.97 Å². The molecule has 2 saturated carbocycles. The Labute approximate surface area is 126 Å². The van der Waals surface area contributed by atoms with E-state index in [4.69, 9.17) is 27.9 Å². The zero-order chi connectivity index (χ0) is 14.3. The predicted octanol–water partition coefficient (Wildman–Crippen LogP) is 2.68. The van der Waals surface area contributed by atoms with Crippen LogP contribution in [0.5, 0.6) is 5.75 Å². The monoisotopic (exact) mass is 313 g/mol. The van der Waals surface area contributed by atoms with E-state index in [1.54, 1.807) is 24.3 Å². The summed E-state index contributed by atoms with van der Waals surface area (Å²) in [6.45, 7) is 0. The number of hydrogen-bond acceptors (Lipinski definition) is 3. The van der Waals surface area contributed by atoms with Gasteiger partial charge in [-0.3, -0.25) is 9.59 Å². The molecule has 3 rings (SSSR count). The highest BCUT2D eigenvalue weighted by Crippen LogP contribution is 2.53. The summed E-state index contributed by atoms with van der Waals surface area (Å²) >= 11 is 11.6. The summed E-state index contributed by atoms with van der Waals surface area (Å²) in [6, 6.07) is 6.81. The van der Waals surface area contributed by atoms with Crippen molar-refractivity contribution < 1.29 is 14.3 Å². The normalized spacial score (nSPS) is 23.0. The van der Waals surface area contributed by atoms with Gasteiger partial charge in [-0.15, -0.1) is 23.2 Å². The number of hydrogen-bond donors (Lipinski definition) is 1. The molecule has 0 spiro atoms. The van der Waals surface area contributed by atoms with Crippen LogP contribution in [0.25, 0.3) is 0 Å². The minimum atomic E-state index is -1.00. The molecule has 0 bridgehead atoms. The van der Waals surface area contributed by atoms with Crippen molar-refractivity contribution in [1.29, 1.82) is 0 Å². The Morgan fingerprint density at radius 2 is 2.00 bits per heavy atom. The average Bonchev–Trinajstić information content (AvgIpc) is 3.28. The van der Waals surface area contributed by atoms with Crippen LogP contribution in [-0.4, -0.2) is 22.3 Å². The maximum absolute atomic E-state index is 11.9. The molecule has 0 heterocycles. The van der Waals surface area contributed by atoms with Crippen molar-refractivity contribution in [3.63, 3.8) is 0 Å². The molecular formula is C14H13Cl2NO3. The average molecular weight is 314 g/mol. The molecule has 1 aromatic rings. The molecule has 4 nitrogen and oxygen atoms in total. The largest absolute Gasteiger partial charge is 0.426 e. The van der Waals surface area contributed by atoms with E-state index >= 15 is 0 Å². The van der Waals surface area contributed by atoms with Crippen LogP contribution < -0.4 is 10.1 Å². The van der Waals surface area contributed by atoms with E-state index in [1.165, 1.54) is 0 Å². The summed E-state index contributed by atoms with van der Waals surface area (Å²) in [6.07, 6.45) is 2.45. The number of carbonyl (C=O) groups excluding carboxylic acids is 2. The van der Waals surface area contributed by atoms with Gasteiger partial charge in [-0.1, -0.05) is 6.07 Å². The molecule has 2 aliphatic carbocycles. The van der Waals surface area contributed by atoms with Crippen molar-refractivity contribution in [3.8, 4) is 5.75 Å². The third kappa shape index (κ3) is 3.07. The fourth-order valence-corrected chi connectivity index (χ4v) is 2.34. The van der Waals surface area contributed by atoms with Crippen molar-refractivity contribution in [3.05, 3.63) is 29.8 Å². The van der Waals surface area contributed by atoms with E-state index in [0.29, 0.717) is 17.7 Å². The third-order valence-corrected chi connectivity index (χ3v) is 4.17. The molecule has 1 amide bonds.